The summed E-state index contributed by atoms with van der Waals surface area (Å²) in [5.74, 6) is 1.01. The van der Waals surface area contributed by atoms with E-state index in [2.05, 4.69) is 22.4 Å². The van der Waals surface area contributed by atoms with E-state index in [0.717, 1.165) is 30.0 Å². The Morgan fingerprint density at radius 3 is 2.71 bits per heavy atom. The van der Waals surface area contributed by atoms with Gasteiger partial charge in [-0.25, -0.2) is 0 Å². The van der Waals surface area contributed by atoms with Crippen molar-refractivity contribution in [3.63, 3.8) is 0 Å². The Balaban J connectivity index is 2.17. The largest absolute Gasteiger partial charge is 0.508 e. The molecule has 0 radical (unpaired) electrons. The van der Waals surface area contributed by atoms with E-state index in [4.69, 9.17) is 0 Å². The lowest BCUT2D eigenvalue weighted by Gasteiger charge is -2.04. The average Bonchev–Trinajstić information content (AvgIpc) is 2.37. The molecule has 0 aliphatic heterocycles. The second-order valence-electron chi connectivity index (χ2n) is 3.78. The summed E-state index contributed by atoms with van der Waals surface area (Å²) in [7, 11) is 0. The Kier molecular flexibility index (Phi) is 3.55. The molecule has 1 heterocycles. The molecule has 0 saturated carbocycles. The van der Waals surface area contributed by atoms with Crippen LogP contribution >= 0.6 is 0 Å². The number of aromatic hydroxyl groups is 1. The lowest BCUT2D eigenvalue weighted by Crippen LogP contribution is -2.02. The standard InChI is InChI=1S/C13H15N3O/c1-2-8-14-13-7-6-12(15-16-13)10-4-3-5-11(17)9-10/h3-7,9,17H,2,8H2,1H3,(H,14,16). The summed E-state index contributed by atoms with van der Waals surface area (Å²) in [6, 6.07) is 10.8. The van der Waals surface area contributed by atoms with Gasteiger partial charge in [0.2, 0.25) is 0 Å². The lowest BCUT2D eigenvalue weighted by molar-refractivity contribution is 0.475. The Hall–Kier alpha value is -2.10. The summed E-state index contributed by atoms with van der Waals surface area (Å²) in [5.41, 5.74) is 1.61. The maximum absolute atomic E-state index is 9.38. The highest BCUT2D eigenvalue weighted by molar-refractivity contribution is 5.61. The van der Waals surface area contributed by atoms with E-state index in [9.17, 15) is 5.11 Å². The van der Waals surface area contributed by atoms with Crippen LogP contribution in [0, 0.1) is 0 Å². The fourth-order valence-corrected chi connectivity index (χ4v) is 1.50. The first kappa shape index (κ1) is 11.4. The van der Waals surface area contributed by atoms with Crippen LogP contribution in [0.25, 0.3) is 11.3 Å². The Morgan fingerprint density at radius 2 is 2.06 bits per heavy atom. The third kappa shape index (κ3) is 2.93. The molecule has 0 atom stereocenters. The van der Waals surface area contributed by atoms with Gasteiger partial charge in [0.25, 0.3) is 0 Å². The summed E-state index contributed by atoms with van der Waals surface area (Å²) in [4.78, 5) is 0. The molecular weight excluding hydrogens is 214 g/mol. The first-order valence-electron chi connectivity index (χ1n) is 5.66. The molecule has 0 fully saturated rings. The number of hydrogen-bond donors (Lipinski definition) is 2. The molecule has 4 nitrogen and oxygen atoms in total. The van der Waals surface area contributed by atoms with Gasteiger partial charge >= 0.3 is 0 Å². The molecule has 4 heteroatoms. The summed E-state index contributed by atoms with van der Waals surface area (Å²) in [5, 5.41) is 20.7. The van der Waals surface area contributed by atoms with Gasteiger partial charge < -0.3 is 10.4 Å². The van der Waals surface area contributed by atoms with Crippen molar-refractivity contribution in [3.05, 3.63) is 36.4 Å². The number of nitrogens with one attached hydrogen (secondary N) is 1. The predicted octanol–water partition coefficient (Wildman–Crippen LogP) is 2.67. The fourth-order valence-electron chi connectivity index (χ4n) is 1.50. The molecular formula is C13H15N3O. The Labute approximate surface area is 100 Å². The second kappa shape index (κ2) is 5.30. The van der Waals surface area contributed by atoms with Crippen LogP contribution in [0.15, 0.2) is 36.4 Å². The minimum Gasteiger partial charge on any atom is -0.508 e. The minimum atomic E-state index is 0.234. The zero-order chi connectivity index (χ0) is 12.1. The highest BCUT2D eigenvalue weighted by Gasteiger charge is 2.01. The van der Waals surface area contributed by atoms with Crippen molar-refractivity contribution < 1.29 is 5.11 Å². The molecule has 0 bridgehead atoms. The van der Waals surface area contributed by atoms with E-state index in [1.54, 1.807) is 18.2 Å². The molecule has 1 aromatic carbocycles. The first-order chi connectivity index (χ1) is 8.29. The number of benzene rings is 1. The molecule has 17 heavy (non-hydrogen) atoms. The van der Waals surface area contributed by atoms with Gasteiger partial charge in [0.1, 0.15) is 11.6 Å². The molecule has 2 aromatic rings. The Morgan fingerprint density at radius 1 is 1.18 bits per heavy atom. The minimum absolute atomic E-state index is 0.234. The molecule has 88 valence electrons. The van der Waals surface area contributed by atoms with Crippen molar-refractivity contribution in [2.45, 2.75) is 13.3 Å². The van der Waals surface area contributed by atoms with Crippen molar-refractivity contribution in [3.8, 4) is 17.0 Å². The quantitative estimate of drug-likeness (QED) is 0.846. The zero-order valence-corrected chi connectivity index (χ0v) is 9.72. The van der Waals surface area contributed by atoms with E-state index in [0.29, 0.717) is 0 Å². The van der Waals surface area contributed by atoms with E-state index in [1.165, 1.54) is 0 Å². The highest BCUT2D eigenvalue weighted by atomic mass is 16.3. The van der Waals surface area contributed by atoms with Crippen molar-refractivity contribution in [1.82, 2.24) is 10.2 Å². The number of rotatable bonds is 4. The van der Waals surface area contributed by atoms with Crippen molar-refractivity contribution >= 4 is 5.82 Å². The van der Waals surface area contributed by atoms with Crippen LogP contribution in [0.1, 0.15) is 13.3 Å². The number of anilines is 1. The SMILES string of the molecule is CCCNc1ccc(-c2cccc(O)c2)nn1. The maximum atomic E-state index is 9.38. The summed E-state index contributed by atoms with van der Waals surface area (Å²) < 4.78 is 0. The van der Waals surface area contributed by atoms with Crippen molar-refractivity contribution in [2.75, 3.05) is 11.9 Å². The van der Waals surface area contributed by atoms with E-state index in [1.807, 2.05) is 18.2 Å². The smallest absolute Gasteiger partial charge is 0.148 e. The number of phenolic OH excluding ortho intramolecular Hbond substituents is 1. The molecule has 0 aliphatic rings. The molecule has 0 spiro atoms. The third-order valence-electron chi connectivity index (χ3n) is 2.36. The van der Waals surface area contributed by atoms with E-state index >= 15 is 0 Å². The molecule has 0 amide bonds. The molecule has 2 N–H and O–H groups in total. The van der Waals surface area contributed by atoms with Crippen LogP contribution in [-0.2, 0) is 0 Å². The van der Waals surface area contributed by atoms with Crippen molar-refractivity contribution in [1.29, 1.82) is 0 Å². The van der Waals surface area contributed by atoms with Gasteiger partial charge in [0.15, 0.2) is 0 Å². The van der Waals surface area contributed by atoms with Gasteiger partial charge in [-0.1, -0.05) is 19.1 Å². The first-order valence-corrected chi connectivity index (χ1v) is 5.66. The normalized spacial score (nSPS) is 10.2. The number of aromatic nitrogens is 2. The van der Waals surface area contributed by atoms with Crippen LogP contribution in [0.5, 0.6) is 5.75 Å². The third-order valence-corrected chi connectivity index (χ3v) is 2.36. The Bertz CT molecular complexity index is 482. The van der Waals surface area contributed by atoms with Gasteiger partial charge in [-0.2, -0.15) is 0 Å². The topological polar surface area (TPSA) is 58.0 Å². The van der Waals surface area contributed by atoms with E-state index in [-0.39, 0.29) is 5.75 Å². The van der Waals surface area contributed by atoms with Gasteiger partial charge in [-0.05, 0) is 30.7 Å². The number of phenols is 1. The molecule has 0 saturated heterocycles. The average molecular weight is 229 g/mol. The molecule has 1 aromatic heterocycles. The van der Waals surface area contributed by atoms with Crippen LogP contribution < -0.4 is 5.32 Å². The van der Waals surface area contributed by atoms with Crippen LogP contribution in [0.3, 0.4) is 0 Å². The van der Waals surface area contributed by atoms with Crippen LogP contribution in [0.4, 0.5) is 5.82 Å². The summed E-state index contributed by atoms with van der Waals surface area (Å²) in [6.07, 6.45) is 1.05. The van der Waals surface area contributed by atoms with E-state index < -0.39 is 0 Å². The molecule has 2 rings (SSSR count). The number of hydrogen-bond acceptors (Lipinski definition) is 4. The lowest BCUT2D eigenvalue weighted by atomic mass is 10.1. The van der Waals surface area contributed by atoms with Gasteiger partial charge in [0.05, 0.1) is 5.69 Å². The zero-order valence-electron chi connectivity index (χ0n) is 9.72. The summed E-state index contributed by atoms with van der Waals surface area (Å²) >= 11 is 0. The molecule has 0 aliphatic carbocycles. The molecule has 0 unspecified atom stereocenters. The van der Waals surface area contributed by atoms with Gasteiger partial charge in [-0.15, -0.1) is 10.2 Å². The van der Waals surface area contributed by atoms with Gasteiger partial charge in [0, 0.05) is 12.1 Å². The van der Waals surface area contributed by atoms with Crippen LogP contribution in [-0.4, -0.2) is 21.8 Å². The summed E-state index contributed by atoms with van der Waals surface area (Å²) in [6.45, 7) is 2.99. The predicted molar refractivity (Wildman–Crippen MR) is 67.9 cm³/mol. The van der Waals surface area contributed by atoms with Crippen LogP contribution in [0.2, 0.25) is 0 Å². The highest BCUT2D eigenvalue weighted by Crippen LogP contribution is 2.21. The maximum Gasteiger partial charge on any atom is 0.148 e. The number of nitrogens with zero attached hydrogens (tertiary/aromatic N) is 2. The van der Waals surface area contributed by atoms with Crippen molar-refractivity contribution in [2.24, 2.45) is 0 Å². The second-order valence-corrected chi connectivity index (χ2v) is 3.78. The fraction of sp³-hybridized carbons (Fsp3) is 0.231. The monoisotopic (exact) mass is 229 g/mol. The van der Waals surface area contributed by atoms with Gasteiger partial charge in [-0.3, -0.25) is 0 Å².